The van der Waals surface area contributed by atoms with E-state index in [9.17, 15) is 0 Å². The van der Waals surface area contributed by atoms with Crippen LogP contribution in [0, 0.1) is 12.8 Å². The van der Waals surface area contributed by atoms with Gasteiger partial charge in [-0.2, -0.15) is 0 Å². The minimum atomic E-state index is 0.745. The summed E-state index contributed by atoms with van der Waals surface area (Å²) in [5.41, 5.74) is 4.45. The van der Waals surface area contributed by atoms with Gasteiger partial charge in [0.1, 0.15) is 0 Å². The van der Waals surface area contributed by atoms with Crippen molar-refractivity contribution in [3.63, 3.8) is 0 Å². The van der Waals surface area contributed by atoms with E-state index in [1.807, 2.05) is 0 Å². The maximum absolute atomic E-state index is 3.52. The fraction of sp³-hybridized carbons (Fsp3) is 0.571. The summed E-state index contributed by atoms with van der Waals surface area (Å²) in [7, 11) is 2.27. The van der Waals surface area contributed by atoms with E-state index in [1.165, 1.54) is 42.7 Å². The molecule has 0 aliphatic carbocycles. The summed E-state index contributed by atoms with van der Waals surface area (Å²) >= 11 is 0. The first kappa shape index (κ1) is 10.2. The van der Waals surface area contributed by atoms with Crippen LogP contribution in [-0.4, -0.2) is 26.2 Å². The maximum atomic E-state index is 3.52. The van der Waals surface area contributed by atoms with Crippen LogP contribution in [0.25, 0.3) is 0 Å². The zero-order chi connectivity index (χ0) is 11.1. The number of aryl methyl sites for hydroxylation is 1. The van der Waals surface area contributed by atoms with Crippen LogP contribution in [0.1, 0.15) is 17.5 Å². The van der Waals surface area contributed by atoms with Gasteiger partial charge in [0.25, 0.3) is 0 Å². The second-order valence-electron chi connectivity index (χ2n) is 5.22. The Morgan fingerprint density at radius 2 is 2.25 bits per heavy atom. The summed E-state index contributed by atoms with van der Waals surface area (Å²) < 4.78 is 0. The van der Waals surface area contributed by atoms with Crippen LogP contribution in [0.2, 0.25) is 0 Å². The zero-order valence-electron chi connectivity index (χ0n) is 10.2. The van der Waals surface area contributed by atoms with Gasteiger partial charge in [0.15, 0.2) is 0 Å². The van der Waals surface area contributed by atoms with Crippen LogP contribution in [0.3, 0.4) is 0 Å². The van der Waals surface area contributed by atoms with E-state index in [0.29, 0.717) is 0 Å². The standard InChI is InChI=1S/C14H20N2/c1-10-4-3-5-11-8-12-9-15-7-6-13(12)16(2)14(10)11/h3-5,12-13,15H,6-9H2,1-2H3. The number of rotatable bonds is 0. The minimum Gasteiger partial charge on any atom is -0.371 e. The molecule has 86 valence electrons. The van der Waals surface area contributed by atoms with Crippen molar-refractivity contribution in [2.24, 2.45) is 5.92 Å². The second-order valence-corrected chi connectivity index (χ2v) is 5.22. The number of anilines is 1. The third-order valence-electron chi connectivity index (χ3n) is 4.22. The number of hydrogen-bond acceptors (Lipinski definition) is 2. The Labute approximate surface area is 97.6 Å². The van der Waals surface area contributed by atoms with E-state index < -0.39 is 0 Å². The molecule has 0 bridgehead atoms. The lowest BCUT2D eigenvalue weighted by Crippen LogP contribution is -2.52. The SMILES string of the molecule is Cc1cccc2c1N(C)C1CCNCC1C2. The predicted octanol–water partition coefficient (Wildman–Crippen LogP) is 1.97. The molecule has 2 unspecified atom stereocenters. The fourth-order valence-electron chi connectivity index (χ4n) is 3.46. The second kappa shape index (κ2) is 3.77. The maximum Gasteiger partial charge on any atom is 0.0428 e. The highest BCUT2D eigenvalue weighted by Gasteiger charge is 2.34. The Hall–Kier alpha value is -1.02. The van der Waals surface area contributed by atoms with Crippen LogP contribution >= 0.6 is 0 Å². The molecule has 2 aliphatic heterocycles. The summed E-state index contributed by atoms with van der Waals surface area (Å²) in [5.74, 6) is 0.799. The molecule has 2 aliphatic rings. The van der Waals surface area contributed by atoms with Crippen molar-refractivity contribution in [1.82, 2.24) is 5.32 Å². The third kappa shape index (κ3) is 1.44. The van der Waals surface area contributed by atoms with Gasteiger partial charge in [-0.15, -0.1) is 0 Å². The molecule has 1 saturated heterocycles. The lowest BCUT2D eigenvalue weighted by Gasteiger charge is -2.45. The molecule has 0 amide bonds. The van der Waals surface area contributed by atoms with Crippen molar-refractivity contribution in [1.29, 1.82) is 0 Å². The first-order valence-electron chi connectivity index (χ1n) is 6.29. The molecule has 0 spiro atoms. The van der Waals surface area contributed by atoms with Crippen molar-refractivity contribution in [2.75, 3.05) is 25.0 Å². The Morgan fingerprint density at radius 3 is 3.12 bits per heavy atom. The number of hydrogen-bond donors (Lipinski definition) is 1. The van der Waals surface area contributed by atoms with Gasteiger partial charge in [-0.3, -0.25) is 0 Å². The Morgan fingerprint density at radius 1 is 1.38 bits per heavy atom. The van der Waals surface area contributed by atoms with E-state index >= 15 is 0 Å². The Kier molecular flexibility index (Phi) is 2.40. The van der Waals surface area contributed by atoms with Gasteiger partial charge in [-0.25, -0.2) is 0 Å². The van der Waals surface area contributed by atoms with Crippen molar-refractivity contribution in [3.05, 3.63) is 29.3 Å². The molecule has 0 saturated carbocycles. The van der Waals surface area contributed by atoms with Crippen molar-refractivity contribution in [3.8, 4) is 0 Å². The Bertz CT molecular complexity index is 400. The lowest BCUT2D eigenvalue weighted by atomic mass is 9.81. The normalized spacial score (nSPS) is 28.5. The molecule has 2 heteroatoms. The summed E-state index contributed by atoms with van der Waals surface area (Å²) in [6, 6.07) is 7.47. The van der Waals surface area contributed by atoms with E-state index in [0.717, 1.165) is 12.0 Å². The smallest absolute Gasteiger partial charge is 0.0428 e. The van der Waals surface area contributed by atoms with Crippen molar-refractivity contribution < 1.29 is 0 Å². The average Bonchev–Trinajstić information content (AvgIpc) is 2.29. The van der Waals surface area contributed by atoms with Gasteiger partial charge in [0.2, 0.25) is 0 Å². The van der Waals surface area contributed by atoms with Crippen LogP contribution in [0.5, 0.6) is 0 Å². The molecule has 0 radical (unpaired) electrons. The molecule has 2 nitrogen and oxygen atoms in total. The first-order valence-corrected chi connectivity index (χ1v) is 6.29. The van der Waals surface area contributed by atoms with Gasteiger partial charge in [0.05, 0.1) is 0 Å². The number of benzene rings is 1. The van der Waals surface area contributed by atoms with E-state index in [1.54, 1.807) is 0 Å². The van der Waals surface area contributed by atoms with E-state index in [4.69, 9.17) is 0 Å². The van der Waals surface area contributed by atoms with Gasteiger partial charge in [-0.1, -0.05) is 18.2 Å². The van der Waals surface area contributed by atoms with Crippen LogP contribution in [0.15, 0.2) is 18.2 Å². The summed E-state index contributed by atoms with van der Waals surface area (Å²) in [5, 5.41) is 3.52. The highest BCUT2D eigenvalue weighted by Crippen LogP contribution is 2.37. The summed E-state index contributed by atoms with van der Waals surface area (Å²) in [6.07, 6.45) is 2.54. The molecule has 3 rings (SSSR count). The number of para-hydroxylation sites is 1. The van der Waals surface area contributed by atoms with E-state index in [-0.39, 0.29) is 0 Å². The third-order valence-corrected chi connectivity index (χ3v) is 4.22. The molecule has 1 N–H and O–H groups in total. The predicted molar refractivity (Wildman–Crippen MR) is 68.1 cm³/mol. The number of piperidine rings is 1. The van der Waals surface area contributed by atoms with Crippen molar-refractivity contribution in [2.45, 2.75) is 25.8 Å². The molecular weight excluding hydrogens is 196 g/mol. The van der Waals surface area contributed by atoms with Crippen LogP contribution in [-0.2, 0) is 6.42 Å². The largest absolute Gasteiger partial charge is 0.371 e. The van der Waals surface area contributed by atoms with Gasteiger partial charge in [-0.05, 0) is 43.4 Å². The molecule has 1 aromatic rings. The zero-order valence-corrected chi connectivity index (χ0v) is 10.2. The summed E-state index contributed by atoms with van der Waals surface area (Å²) in [6.45, 7) is 4.59. The number of fused-ring (bicyclic) bond motifs is 2. The van der Waals surface area contributed by atoms with E-state index in [2.05, 4.69) is 42.4 Å². The van der Waals surface area contributed by atoms with Gasteiger partial charge < -0.3 is 10.2 Å². The Balaban J connectivity index is 2.03. The van der Waals surface area contributed by atoms with Crippen LogP contribution < -0.4 is 10.2 Å². The molecule has 1 aromatic carbocycles. The topological polar surface area (TPSA) is 15.3 Å². The molecule has 1 fully saturated rings. The quantitative estimate of drug-likeness (QED) is 0.713. The van der Waals surface area contributed by atoms with Gasteiger partial charge in [0, 0.05) is 25.3 Å². The average molecular weight is 216 g/mol. The van der Waals surface area contributed by atoms with Crippen LogP contribution in [0.4, 0.5) is 5.69 Å². The molecule has 2 atom stereocenters. The first-order chi connectivity index (χ1) is 7.77. The van der Waals surface area contributed by atoms with Crippen molar-refractivity contribution >= 4 is 5.69 Å². The molecule has 0 aromatic heterocycles. The van der Waals surface area contributed by atoms with Gasteiger partial charge >= 0.3 is 0 Å². The monoisotopic (exact) mass is 216 g/mol. The highest BCUT2D eigenvalue weighted by atomic mass is 15.2. The fourth-order valence-corrected chi connectivity index (χ4v) is 3.46. The highest BCUT2D eigenvalue weighted by molar-refractivity contribution is 5.61. The minimum absolute atomic E-state index is 0.745. The number of nitrogens with zero attached hydrogens (tertiary/aromatic N) is 1. The molecule has 16 heavy (non-hydrogen) atoms. The summed E-state index contributed by atoms with van der Waals surface area (Å²) in [4.78, 5) is 2.53. The molecule has 2 heterocycles. The lowest BCUT2D eigenvalue weighted by molar-refractivity contribution is 0.304. The molecular formula is C14H20N2. The number of nitrogens with one attached hydrogen (secondary N) is 1.